The first-order valence-electron chi connectivity index (χ1n) is 4.91. The van der Waals surface area contributed by atoms with Crippen molar-refractivity contribution in [2.75, 3.05) is 14.1 Å². The zero-order chi connectivity index (χ0) is 11.5. The van der Waals surface area contributed by atoms with E-state index >= 15 is 0 Å². The fourth-order valence-corrected chi connectivity index (χ4v) is 1.30. The third kappa shape index (κ3) is 2.11. The van der Waals surface area contributed by atoms with Crippen LogP contribution in [0.5, 0.6) is 5.75 Å². The van der Waals surface area contributed by atoms with E-state index < -0.39 is 6.09 Å². The van der Waals surface area contributed by atoms with Crippen LogP contribution in [0.25, 0.3) is 10.9 Å². The Morgan fingerprint density at radius 1 is 1.31 bits per heavy atom. The number of nitrogens with zero attached hydrogens (tertiary/aromatic N) is 2. The van der Waals surface area contributed by atoms with Gasteiger partial charge >= 0.3 is 6.09 Å². The molecule has 0 unspecified atom stereocenters. The Morgan fingerprint density at radius 2 is 2.06 bits per heavy atom. The van der Waals surface area contributed by atoms with E-state index in [-0.39, 0.29) is 0 Å². The number of hydrogen-bond donors (Lipinski definition) is 0. The molecule has 1 heterocycles. The van der Waals surface area contributed by atoms with Gasteiger partial charge in [0.2, 0.25) is 0 Å². The standard InChI is InChI=1S/C12H12N2O2/c1-14(2)12(15)16-10-7-9-5-3-4-6-11(9)13-8-10/h3-8H,1-2H3. The topological polar surface area (TPSA) is 42.4 Å². The second-order valence-corrected chi connectivity index (χ2v) is 3.63. The second-order valence-electron chi connectivity index (χ2n) is 3.63. The average Bonchev–Trinajstić information content (AvgIpc) is 2.28. The molecular formula is C12H12N2O2. The third-order valence-corrected chi connectivity index (χ3v) is 2.14. The SMILES string of the molecule is CN(C)C(=O)Oc1cnc2ccccc2c1. The molecule has 2 aromatic rings. The molecule has 0 atom stereocenters. The van der Waals surface area contributed by atoms with Crippen LogP contribution < -0.4 is 4.74 Å². The Hall–Kier alpha value is -2.10. The molecule has 4 nitrogen and oxygen atoms in total. The highest BCUT2D eigenvalue weighted by molar-refractivity contribution is 5.80. The van der Waals surface area contributed by atoms with E-state index in [9.17, 15) is 4.79 Å². The first-order chi connectivity index (χ1) is 7.66. The van der Waals surface area contributed by atoms with Gasteiger partial charge in [-0.3, -0.25) is 4.98 Å². The van der Waals surface area contributed by atoms with Crippen LogP contribution >= 0.6 is 0 Å². The van der Waals surface area contributed by atoms with Crippen molar-refractivity contribution < 1.29 is 9.53 Å². The lowest BCUT2D eigenvalue weighted by Gasteiger charge is -2.10. The number of fused-ring (bicyclic) bond motifs is 1. The predicted octanol–water partition coefficient (Wildman–Crippen LogP) is 2.30. The van der Waals surface area contributed by atoms with Crippen molar-refractivity contribution >= 4 is 17.0 Å². The molecule has 82 valence electrons. The fraction of sp³-hybridized carbons (Fsp3) is 0.167. The molecule has 0 saturated carbocycles. The van der Waals surface area contributed by atoms with Crippen molar-refractivity contribution in [3.8, 4) is 5.75 Å². The lowest BCUT2D eigenvalue weighted by molar-refractivity contribution is 0.172. The minimum atomic E-state index is -0.405. The van der Waals surface area contributed by atoms with Gasteiger partial charge in [-0.15, -0.1) is 0 Å². The molecule has 16 heavy (non-hydrogen) atoms. The Kier molecular flexibility index (Phi) is 2.72. The maximum Gasteiger partial charge on any atom is 0.414 e. The molecule has 2 rings (SSSR count). The van der Waals surface area contributed by atoms with Crippen molar-refractivity contribution in [3.05, 3.63) is 36.5 Å². The molecular weight excluding hydrogens is 204 g/mol. The van der Waals surface area contributed by atoms with Gasteiger partial charge in [0, 0.05) is 19.5 Å². The number of amides is 1. The summed E-state index contributed by atoms with van der Waals surface area (Å²) in [5.41, 5.74) is 0.882. The van der Waals surface area contributed by atoms with E-state index in [2.05, 4.69) is 4.98 Å². The van der Waals surface area contributed by atoms with Crippen LogP contribution in [0.1, 0.15) is 0 Å². The van der Waals surface area contributed by atoms with E-state index in [1.807, 2.05) is 24.3 Å². The first-order valence-corrected chi connectivity index (χ1v) is 4.91. The summed E-state index contributed by atoms with van der Waals surface area (Å²) in [7, 11) is 3.27. The van der Waals surface area contributed by atoms with E-state index in [0.717, 1.165) is 10.9 Å². The highest BCUT2D eigenvalue weighted by Gasteiger charge is 2.07. The number of pyridine rings is 1. The Labute approximate surface area is 93.5 Å². The van der Waals surface area contributed by atoms with Crippen LogP contribution in [0.4, 0.5) is 4.79 Å². The number of rotatable bonds is 1. The van der Waals surface area contributed by atoms with E-state index in [4.69, 9.17) is 4.74 Å². The summed E-state index contributed by atoms with van der Waals surface area (Å²) in [5.74, 6) is 0.456. The first kappa shape index (κ1) is 10.4. The summed E-state index contributed by atoms with van der Waals surface area (Å²) in [6, 6.07) is 9.47. The molecule has 0 bridgehead atoms. The summed E-state index contributed by atoms with van der Waals surface area (Å²) in [6.45, 7) is 0. The molecule has 4 heteroatoms. The number of carbonyl (C=O) groups excluding carboxylic acids is 1. The quantitative estimate of drug-likeness (QED) is 0.734. The van der Waals surface area contributed by atoms with Crippen molar-refractivity contribution in [2.45, 2.75) is 0 Å². The monoisotopic (exact) mass is 216 g/mol. The van der Waals surface area contributed by atoms with Gasteiger partial charge in [-0.25, -0.2) is 4.79 Å². The van der Waals surface area contributed by atoms with Crippen molar-refractivity contribution in [1.82, 2.24) is 9.88 Å². The molecule has 0 radical (unpaired) electrons. The van der Waals surface area contributed by atoms with E-state index in [0.29, 0.717) is 5.75 Å². The molecule has 0 aliphatic rings. The van der Waals surface area contributed by atoms with Crippen LogP contribution in [0.15, 0.2) is 36.5 Å². The molecule has 0 spiro atoms. The second kappa shape index (κ2) is 4.18. The largest absolute Gasteiger partial charge is 0.414 e. The van der Waals surface area contributed by atoms with Crippen LogP contribution in [-0.4, -0.2) is 30.1 Å². The highest BCUT2D eigenvalue weighted by atomic mass is 16.6. The Bertz CT molecular complexity index is 523. The number of aromatic nitrogens is 1. The minimum absolute atomic E-state index is 0.405. The molecule has 0 saturated heterocycles. The molecule has 0 fully saturated rings. The van der Waals surface area contributed by atoms with Crippen LogP contribution in [0, 0.1) is 0 Å². The molecule has 0 N–H and O–H groups in total. The Morgan fingerprint density at radius 3 is 2.81 bits per heavy atom. The number of hydrogen-bond acceptors (Lipinski definition) is 3. The normalized spacial score (nSPS) is 10.1. The zero-order valence-corrected chi connectivity index (χ0v) is 9.18. The number of para-hydroxylation sites is 1. The van der Waals surface area contributed by atoms with Crippen LogP contribution in [0.3, 0.4) is 0 Å². The van der Waals surface area contributed by atoms with Crippen molar-refractivity contribution in [3.63, 3.8) is 0 Å². The van der Waals surface area contributed by atoms with Gasteiger partial charge in [0.05, 0.1) is 11.7 Å². The highest BCUT2D eigenvalue weighted by Crippen LogP contribution is 2.18. The molecule has 1 aromatic heterocycles. The Balaban J connectivity index is 2.29. The van der Waals surface area contributed by atoms with E-state index in [1.165, 1.54) is 4.90 Å². The molecule has 0 aliphatic carbocycles. The lowest BCUT2D eigenvalue weighted by Crippen LogP contribution is -2.25. The summed E-state index contributed by atoms with van der Waals surface area (Å²) in [5, 5.41) is 0.951. The van der Waals surface area contributed by atoms with Crippen molar-refractivity contribution in [2.24, 2.45) is 0 Å². The summed E-state index contributed by atoms with van der Waals surface area (Å²) in [6.07, 6.45) is 1.14. The van der Waals surface area contributed by atoms with Gasteiger partial charge in [-0.05, 0) is 12.1 Å². The lowest BCUT2D eigenvalue weighted by atomic mass is 10.2. The number of benzene rings is 1. The van der Waals surface area contributed by atoms with Gasteiger partial charge in [0.25, 0.3) is 0 Å². The fourth-order valence-electron chi connectivity index (χ4n) is 1.30. The maximum atomic E-state index is 11.3. The summed E-state index contributed by atoms with van der Waals surface area (Å²) in [4.78, 5) is 16.9. The molecule has 0 aliphatic heterocycles. The summed E-state index contributed by atoms with van der Waals surface area (Å²) < 4.78 is 5.11. The smallest absolute Gasteiger partial charge is 0.409 e. The van der Waals surface area contributed by atoms with Gasteiger partial charge in [-0.2, -0.15) is 0 Å². The number of ether oxygens (including phenoxy) is 1. The third-order valence-electron chi connectivity index (χ3n) is 2.14. The summed E-state index contributed by atoms with van der Waals surface area (Å²) >= 11 is 0. The maximum absolute atomic E-state index is 11.3. The minimum Gasteiger partial charge on any atom is -0.409 e. The van der Waals surface area contributed by atoms with Crippen LogP contribution in [-0.2, 0) is 0 Å². The van der Waals surface area contributed by atoms with Crippen LogP contribution in [0.2, 0.25) is 0 Å². The molecule has 1 aromatic carbocycles. The average molecular weight is 216 g/mol. The predicted molar refractivity (Wildman–Crippen MR) is 61.5 cm³/mol. The van der Waals surface area contributed by atoms with Gasteiger partial charge in [-0.1, -0.05) is 18.2 Å². The zero-order valence-electron chi connectivity index (χ0n) is 9.18. The molecule has 1 amide bonds. The van der Waals surface area contributed by atoms with Gasteiger partial charge < -0.3 is 9.64 Å². The van der Waals surface area contributed by atoms with Crippen molar-refractivity contribution in [1.29, 1.82) is 0 Å². The number of carbonyl (C=O) groups is 1. The van der Waals surface area contributed by atoms with Gasteiger partial charge in [0.15, 0.2) is 5.75 Å². The van der Waals surface area contributed by atoms with Gasteiger partial charge in [0.1, 0.15) is 0 Å². The van der Waals surface area contributed by atoms with E-state index in [1.54, 1.807) is 26.4 Å².